The summed E-state index contributed by atoms with van der Waals surface area (Å²) in [5.41, 5.74) is 5.30. The molecule has 0 spiro atoms. The zero-order valence-corrected chi connectivity index (χ0v) is 9.31. The molecule has 7 heteroatoms. The highest BCUT2D eigenvalue weighted by atomic mass is 19.4. The lowest BCUT2D eigenvalue weighted by atomic mass is 10.3. The number of alkyl halides is 3. The first kappa shape index (κ1) is 15.2. The van der Waals surface area contributed by atoms with Crippen LogP contribution in [-0.4, -0.2) is 49.7 Å². The number of halogens is 3. The molecule has 3 N–H and O–H groups in total. The van der Waals surface area contributed by atoms with Gasteiger partial charge in [-0.05, 0) is 26.1 Å². The molecule has 0 radical (unpaired) electrons. The fourth-order valence-corrected chi connectivity index (χ4v) is 1.12. The first-order chi connectivity index (χ1) is 7.39. The number of likely N-dealkylation sites (N-methyl/N-ethyl adjacent to an activating group) is 1. The van der Waals surface area contributed by atoms with Gasteiger partial charge in [0.05, 0.1) is 6.54 Å². The predicted octanol–water partition coefficient (Wildman–Crippen LogP) is 0.336. The second kappa shape index (κ2) is 7.45. The first-order valence-corrected chi connectivity index (χ1v) is 5.15. The van der Waals surface area contributed by atoms with Gasteiger partial charge in [0.2, 0.25) is 5.91 Å². The van der Waals surface area contributed by atoms with Crippen LogP contribution in [0.25, 0.3) is 0 Å². The van der Waals surface area contributed by atoms with E-state index in [2.05, 4.69) is 0 Å². The number of hydrogen-bond donors (Lipinski definition) is 2. The summed E-state index contributed by atoms with van der Waals surface area (Å²) in [6, 6.07) is 0. The van der Waals surface area contributed by atoms with Crippen LogP contribution in [0.1, 0.15) is 13.3 Å². The van der Waals surface area contributed by atoms with Crippen molar-refractivity contribution in [2.45, 2.75) is 19.5 Å². The van der Waals surface area contributed by atoms with Gasteiger partial charge in [-0.15, -0.1) is 0 Å². The Morgan fingerprint density at radius 2 is 2.06 bits per heavy atom. The van der Waals surface area contributed by atoms with Crippen molar-refractivity contribution in [3.05, 3.63) is 0 Å². The first-order valence-electron chi connectivity index (χ1n) is 5.15. The molecule has 0 unspecified atom stereocenters. The SMILES string of the molecule is CCN(CCCN)CC(=O)NCC(F)(F)F. The van der Waals surface area contributed by atoms with E-state index in [1.807, 2.05) is 12.2 Å². The molecule has 0 aliphatic carbocycles. The van der Waals surface area contributed by atoms with Gasteiger partial charge >= 0.3 is 6.18 Å². The van der Waals surface area contributed by atoms with Gasteiger partial charge < -0.3 is 11.1 Å². The summed E-state index contributed by atoms with van der Waals surface area (Å²) in [5, 5.41) is 1.83. The molecule has 0 aromatic heterocycles. The summed E-state index contributed by atoms with van der Waals surface area (Å²) < 4.78 is 35.4. The largest absolute Gasteiger partial charge is 0.405 e. The van der Waals surface area contributed by atoms with Crippen molar-refractivity contribution in [3.63, 3.8) is 0 Å². The molecule has 0 aromatic carbocycles. The molecule has 0 saturated heterocycles. The van der Waals surface area contributed by atoms with Gasteiger partial charge in [-0.3, -0.25) is 9.69 Å². The van der Waals surface area contributed by atoms with Crippen LogP contribution in [0.15, 0.2) is 0 Å². The highest BCUT2D eigenvalue weighted by Crippen LogP contribution is 2.11. The molecule has 0 atom stereocenters. The van der Waals surface area contributed by atoms with Crippen LogP contribution in [0.3, 0.4) is 0 Å². The molecule has 96 valence electrons. The fraction of sp³-hybridized carbons (Fsp3) is 0.889. The van der Waals surface area contributed by atoms with E-state index in [4.69, 9.17) is 5.73 Å². The van der Waals surface area contributed by atoms with E-state index in [0.717, 1.165) is 6.42 Å². The van der Waals surface area contributed by atoms with Crippen molar-refractivity contribution in [1.82, 2.24) is 10.2 Å². The highest BCUT2D eigenvalue weighted by Gasteiger charge is 2.27. The van der Waals surface area contributed by atoms with Crippen molar-refractivity contribution in [3.8, 4) is 0 Å². The van der Waals surface area contributed by atoms with E-state index in [9.17, 15) is 18.0 Å². The fourth-order valence-electron chi connectivity index (χ4n) is 1.12. The monoisotopic (exact) mass is 241 g/mol. The molecule has 0 bridgehead atoms. The van der Waals surface area contributed by atoms with Crippen LogP contribution >= 0.6 is 0 Å². The van der Waals surface area contributed by atoms with Gasteiger partial charge in [-0.25, -0.2) is 0 Å². The number of hydrogen-bond acceptors (Lipinski definition) is 3. The lowest BCUT2D eigenvalue weighted by molar-refractivity contribution is -0.139. The van der Waals surface area contributed by atoms with Gasteiger partial charge in [-0.1, -0.05) is 6.92 Å². The molecule has 1 amide bonds. The minimum absolute atomic E-state index is 0.0213. The number of nitrogens with one attached hydrogen (secondary N) is 1. The van der Waals surface area contributed by atoms with Crippen LogP contribution in [0, 0.1) is 0 Å². The summed E-state index contributed by atoms with van der Waals surface area (Å²) in [6.07, 6.45) is -3.63. The lowest BCUT2D eigenvalue weighted by Gasteiger charge is -2.19. The zero-order valence-electron chi connectivity index (χ0n) is 9.31. The maximum Gasteiger partial charge on any atom is 0.405 e. The quantitative estimate of drug-likeness (QED) is 0.675. The Morgan fingerprint density at radius 3 is 2.50 bits per heavy atom. The van der Waals surface area contributed by atoms with Crippen LogP contribution in [-0.2, 0) is 4.79 Å². The van der Waals surface area contributed by atoms with Crippen molar-refractivity contribution >= 4 is 5.91 Å². The van der Waals surface area contributed by atoms with Crippen molar-refractivity contribution < 1.29 is 18.0 Å². The van der Waals surface area contributed by atoms with Crippen LogP contribution in [0.4, 0.5) is 13.2 Å². The number of nitrogens with two attached hydrogens (primary N) is 1. The average Bonchev–Trinajstić information content (AvgIpc) is 2.20. The molecule has 16 heavy (non-hydrogen) atoms. The maximum atomic E-state index is 11.8. The predicted molar refractivity (Wildman–Crippen MR) is 54.9 cm³/mol. The van der Waals surface area contributed by atoms with E-state index < -0.39 is 18.6 Å². The zero-order chi connectivity index (χ0) is 12.6. The summed E-state index contributed by atoms with van der Waals surface area (Å²) in [4.78, 5) is 12.9. The van der Waals surface area contributed by atoms with Crippen LogP contribution < -0.4 is 11.1 Å². The molecule has 0 aromatic rings. The lowest BCUT2D eigenvalue weighted by Crippen LogP contribution is -2.41. The Hall–Kier alpha value is -0.820. The smallest absolute Gasteiger partial charge is 0.346 e. The third kappa shape index (κ3) is 8.49. The second-order valence-corrected chi connectivity index (χ2v) is 3.40. The van der Waals surface area contributed by atoms with Crippen LogP contribution in [0.5, 0.6) is 0 Å². The molecular formula is C9H18F3N3O. The Bertz CT molecular complexity index is 209. The van der Waals surface area contributed by atoms with Crippen molar-refractivity contribution in [2.24, 2.45) is 5.73 Å². The van der Waals surface area contributed by atoms with E-state index in [-0.39, 0.29) is 6.54 Å². The Kier molecular flexibility index (Phi) is 7.07. The topological polar surface area (TPSA) is 58.4 Å². The molecule has 0 rings (SSSR count). The van der Waals surface area contributed by atoms with Gasteiger partial charge in [0.15, 0.2) is 0 Å². The molecule has 0 aliphatic rings. The van der Waals surface area contributed by atoms with Gasteiger partial charge in [-0.2, -0.15) is 13.2 Å². The highest BCUT2D eigenvalue weighted by molar-refractivity contribution is 5.78. The van der Waals surface area contributed by atoms with Crippen LogP contribution in [0.2, 0.25) is 0 Å². The Morgan fingerprint density at radius 1 is 1.44 bits per heavy atom. The second-order valence-electron chi connectivity index (χ2n) is 3.40. The maximum absolute atomic E-state index is 11.8. The number of carbonyl (C=O) groups excluding carboxylic acids is 1. The van der Waals surface area contributed by atoms with E-state index in [1.54, 1.807) is 4.90 Å². The summed E-state index contributed by atoms with van der Waals surface area (Å²) in [6.45, 7) is 2.27. The molecule has 0 aliphatic heterocycles. The Balaban J connectivity index is 3.83. The van der Waals surface area contributed by atoms with Crippen molar-refractivity contribution in [1.29, 1.82) is 0 Å². The van der Waals surface area contributed by atoms with Gasteiger partial charge in [0.1, 0.15) is 6.54 Å². The number of amides is 1. The van der Waals surface area contributed by atoms with E-state index >= 15 is 0 Å². The number of rotatable bonds is 7. The normalized spacial score (nSPS) is 11.9. The minimum Gasteiger partial charge on any atom is -0.346 e. The minimum atomic E-state index is -4.36. The standard InChI is InChI=1S/C9H18F3N3O/c1-2-15(5-3-4-13)6-8(16)14-7-9(10,11)12/h2-7,13H2,1H3,(H,14,16). The third-order valence-electron chi connectivity index (χ3n) is 1.98. The molecule has 0 saturated carbocycles. The Labute approximate surface area is 93.0 Å². The summed E-state index contributed by atoms with van der Waals surface area (Å²) in [7, 11) is 0. The summed E-state index contributed by atoms with van der Waals surface area (Å²) >= 11 is 0. The number of carbonyl (C=O) groups is 1. The molecular weight excluding hydrogens is 223 g/mol. The molecule has 0 fully saturated rings. The number of nitrogens with zero attached hydrogens (tertiary/aromatic N) is 1. The van der Waals surface area contributed by atoms with E-state index in [1.165, 1.54) is 0 Å². The molecule has 0 heterocycles. The summed E-state index contributed by atoms with van der Waals surface area (Å²) in [5.74, 6) is -0.615. The molecule has 4 nitrogen and oxygen atoms in total. The van der Waals surface area contributed by atoms with Gasteiger partial charge in [0.25, 0.3) is 0 Å². The van der Waals surface area contributed by atoms with E-state index in [0.29, 0.717) is 19.6 Å². The van der Waals surface area contributed by atoms with Gasteiger partial charge in [0, 0.05) is 0 Å². The van der Waals surface area contributed by atoms with Crippen molar-refractivity contribution in [2.75, 3.05) is 32.7 Å². The third-order valence-corrected chi connectivity index (χ3v) is 1.98. The average molecular weight is 241 g/mol.